The van der Waals surface area contributed by atoms with Crippen molar-refractivity contribution in [1.29, 1.82) is 0 Å². The standard InChI is InChI=1S/C15H17N3O2/c1-10-8-11(2)18(17-10)9-15(20)16-14-6-4-13(5-7-14)12(3)19/h4-8H,9H2,1-3H3,(H,16,20). The lowest BCUT2D eigenvalue weighted by Crippen LogP contribution is -2.20. The first kappa shape index (κ1) is 14.0. The van der Waals surface area contributed by atoms with Crippen LogP contribution in [0.1, 0.15) is 28.7 Å². The normalized spacial score (nSPS) is 10.3. The Morgan fingerprint density at radius 2 is 1.85 bits per heavy atom. The summed E-state index contributed by atoms with van der Waals surface area (Å²) in [5, 5.41) is 7.02. The molecule has 1 aromatic heterocycles. The zero-order valence-corrected chi connectivity index (χ0v) is 11.8. The van der Waals surface area contributed by atoms with Crippen LogP contribution in [-0.2, 0) is 11.3 Å². The fraction of sp³-hybridized carbons (Fsp3) is 0.267. The first-order valence-electron chi connectivity index (χ1n) is 6.37. The molecule has 0 saturated carbocycles. The molecule has 0 aliphatic carbocycles. The summed E-state index contributed by atoms with van der Waals surface area (Å²) in [6, 6.07) is 8.75. The zero-order chi connectivity index (χ0) is 14.7. The van der Waals surface area contributed by atoms with Crippen molar-refractivity contribution in [3.63, 3.8) is 0 Å². The Morgan fingerprint density at radius 1 is 1.20 bits per heavy atom. The molecule has 0 spiro atoms. The number of nitrogens with zero attached hydrogens (tertiary/aromatic N) is 2. The molecule has 104 valence electrons. The van der Waals surface area contributed by atoms with Gasteiger partial charge in [0.2, 0.25) is 5.91 Å². The molecule has 20 heavy (non-hydrogen) atoms. The molecule has 0 aliphatic rings. The van der Waals surface area contributed by atoms with Crippen molar-refractivity contribution in [1.82, 2.24) is 9.78 Å². The van der Waals surface area contributed by atoms with Crippen LogP contribution < -0.4 is 5.32 Å². The molecular weight excluding hydrogens is 254 g/mol. The van der Waals surface area contributed by atoms with Crippen molar-refractivity contribution in [3.05, 3.63) is 47.3 Å². The van der Waals surface area contributed by atoms with Gasteiger partial charge in [-0.15, -0.1) is 0 Å². The molecule has 0 atom stereocenters. The highest BCUT2D eigenvalue weighted by molar-refractivity contribution is 5.95. The van der Waals surface area contributed by atoms with Gasteiger partial charge in [-0.3, -0.25) is 14.3 Å². The smallest absolute Gasteiger partial charge is 0.246 e. The van der Waals surface area contributed by atoms with Crippen molar-refractivity contribution < 1.29 is 9.59 Å². The number of carbonyl (C=O) groups excluding carboxylic acids is 2. The van der Waals surface area contributed by atoms with E-state index in [0.29, 0.717) is 11.3 Å². The van der Waals surface area contributed by atoms with Crippen molar-refractivity contribution in [3.8, 4) is 0 Å². The van der Waals surface area contributed by atoms with Gasteiger partial charge in [-0.25, -0.2) is 0 Å². The van der Waals surface area contributed by atoms with Gasteiger partial charge >= 0.3 is 0 Å². The fourth-order valence-electron chi connectivity index (χ4n) is 1.96. The summed E-state index contributed by atoms with van der Waals surface area (Å²) in [5.74, 6) is -0.141. The van der Waals surface area contributed by atoms with E-state index in [9.17, 15) is 9.59 Å². The number of ketones is 1. The molecule has 0 bridgehead atoms. The maximum absolute atomic E-state index is 11.9. The number of amides is 1. The molecule has 1 heterocycles. The molecule has 1 amide bonds. The van der Waals surface area contributed by atoms with E-state index in [1.807, 2.05) is 19.9 Å². The van der Waals surface area contributed by atoms with Crippen molar-refractivity contribution in [2.45, 2.75) is 27.3 Å². The summed E-state index contributed by atoms with van der Waals surface area (Å²) in [4.78, 5) is 23.1. The second-order valence-corrected chi connectivity index (χ2v) is 4.77. The predicted octanol–water partition coefficient (Wildman–Crippen LogP) is 2.34. The summed E-state index contributed by atoms with van der Waals surface area (Å²) in [6.45, 7) is 5.49. The van der Waals surface area contributed by atoms with E-state index in [-0.39, 0.29) is 18.2 Å². The molecule has 0 saturated heterocycles. The third kappa shape index (κ3) is 3.32. The highest BCUT2D eigenvalue weighted by Crippen LogP contribution is 2.10. The predicted molar refractivity (Wildman–Crippen MR) is 76.8 cm³/mol. The Labute approximate surface area is 117 Å². The topological polar surface area (TPSA) is 64.0 Å². The summed E-state index contributed by atoms with van der Waals surface area (Å²) in [6.07, 6.45) is 0. The number of anilines is 1. The number of rotatable bonds is 4. The lowest BCUT2D eigenvalue weighted by Gasteiger charge is -2.07. The molecule has 1 N–H and O–H groups in total. The minimum atomic E-state index is -0.147. The van der Waals surface area contributed by atoms with Crippen LogP contribution in [0, 0.1) is 13.8 Å². The van der Waals surface area contributed by atoms with E-state index in [1.165, 1.54) is 6.92 Å². The minimum Gasteiger partial charge on any atom is -0.324 e. The van der Waals surface area contributed by atoms with E-state index in [2.05, 4.69) is 10.4 Å². The van der Waals surface area contributed by atoms with E-state index in [4.69, 9.17) is 0 Å². The highest BCUT2D eigenvalue weighted by atomic mass is 16.2. The van der Waals surface area contributed by atoms with E-state index in [1.54, 1.807) is 28.9 Å². The van der Waals surface area contributed by atoms with Gasteiger partial charge < -0.3 is 5.32 Å². The second-order valence-electron chi connectivity index (χ2n) is 4.77. The minimum absolute atomic E-state index is 0.00511. The lowest BCUT2D eigenvalue weighted by molar-refractivity contribution is -0.116. The maximum Gasteiger partial charge on any atom is 0.246 e. The quantitative estimate of drug-likeness (QED) is 0.868. The Hall–Kier alpha value is -2.43. The van der Waals surface area contributed by atoms with Gasteiger partial charge in [-0.05, 0) is 51.1 Å². The van der Waals surface area contributed by atoms with Crippen LogP contribution in [0.5, 0.6) is 0 Å². The first-order valence-corrected chi connectivity index (χ1v) is 6.37. The zero-order valence-electron chi connectivity index (χ0n) is 11.8. The summed E-state index contributed by atoms with van der Waals surface area (Å²) < 4.78 is 1.66. The third-order valence-corrected chi connectivity index (χ3v) is 2.97. The number of Topliss-reactive ketones (excluding diaryl/α,β-unsaturated/α-hetero) is 1. The van der Waals surface area contributed by atoms with Crippen LogP contribution in [0.15, 0.2) is 30.3 Å². The van der Waals surface area contributed by atoms with Gasteiger partial charge in [-0.2, -0.15) is 5.10 Å². The molecule has 2 aromatic rings. The van der Waals surface area contributed by atoms with Gasteiger partial charge in [-0.1, -0.05) is 0 Å². The van der Waals surface area contributed by atoms with Crippen LogP contribution in [0.3, 0.4) is 0 Å². The van der Waals surface area contributed by atoms with Crippen LogP contribution in [-0.4, -0.2) is 21.5 Å². The molecule has 0 unspecified atom stereocenters. The molecule has 1 aromatic carbocycles. The fourth-order valence-corrected chi connectivity index (χ4v) is 1.96. The lowest BCUT2D eigenvalue weighted by atomic mass is 10.1. The van der Waals surface area contributed by atoms with Gasteiger partial charge in [0.1, 0.15) is 6.54 Å². The van der Waals surface area contributed by atoms with Crippen molar-refractivity contribution in [2.24, 2.45) is 0 Å². The third-order valence-electron chi connectivity index (χ3n) is 2.97. The Balaban J connectivity index is 2.01. The summed E-state index contributed by atoms with van der Waals surface area (Å²) in [5.41, 5.74) is 3.13. The molecule has 5 heteroatoms. The van der Waals surface area contributed by atoms with Gasteiger partial charge in [0.15, 0.2) is 5.78 Å². The van der Waals surface area contributed by atoms with Crippen LogP contribution in [0.2, 0.25) is 0 Å². The SMILES string of the molecule is CC(=O)c1ccc(NC(=O)Cn2nc(C)cc2C)cc1. The van der Waals surface area contributed by atoms with Gasteiger partial charge in [0.05, 0.1) is 5.69 Å². The Bertz CT molecular complexity index is 642. The Kier molecular flexibility index (Phi) is 3.98. The van der Waals surface area contributed by atoms with E-state index < -0.39 is 0 Å². The number of hydrogen-bond donors (Lipinski definition) is 1. The first-order chi connectivity index (χ1) is 9.45. The molecular formula is C15H17N3O2. The highest BCUT2D eigenvalue weighted by Gasteiger charge is 2.07. The molecule has 2 rings (SSSR count). The number of aryl methyl sites for hydroxylation is 2. The summed E-state index contributed by atoms with van der Waals surface area (Å²) >= 11 is 0. The number of nitrogens with one attached hydrogen (secondary N) is 1. The van der Waals surface area contributed by atoms with Crippen LogP contribution >= 0.6 is 0 Å². The molecule has 0 radical (unpaired) electrons. The van der Waals surface area contributed by atoms with Gasteiger partial charge in [0, 0.05) is 16.9 Å². The number of aromatic nitrogens is 2. The average molecular weight is 271 g/mol. The van der Waals surface area contributed by atoms with Crippen molar-refractivity contribution in [2.75, 3.05) is 5.32 Å². The molecule has 0 fully saturated rings. The van der Waals surface area contributed by atoms with E-state index in [0.717, 1.165) is 11.4 Å². The van der Waals surface area contributed by atoms with Gasteiger partial charge in [0.25, 0.3) is 0 Å². The number of benzene rings is 1. The van der Waals surface area contributed by atoms with Crippen LogP contribution in [0.4, 0.5) is 5.69 Å². The second kappa shape index (κ2) is 5.69. The monoisotopic (exact) mass is 271 g/mol. The molecule has 5 nitrogen and oxygen atoms in total. The maximum atomic E-state index is 11.9. The Morgan fingerprint density at radius 3 is 2.35 bits per heavy atom. The largest absolute Gasteiger partial charge is 0.324 e. The molecule has 0 aliphatic heterocycles. The number of carbonyl (C=O) groups is 2. The average Bonchev–Trinajstić information content (AvgIpc) is 2.68. The van der Waals surface area contributed by atoms with Crippen LogP contribution in [0.25, 0.3) is 0 Å². The number of hydrogen-bond acceptors (Lipinski definition) is 3. The summed E-state index contributed by atoms with van der Waals surface area (Å²) in [7, 11) is 0. The van der Waals surface area contributed by atoms with Crippen molar-refractivity contribution >= 4 is 17.4 Å². The van der Waals surface area contributed by atoms with E-state index >= 15 is 0 Å².